The van der Waals surface area contributed by atoms with Gasteiger partial charge in [0, 0.05) is 18.9 Å². The summed E-state index contributed by atoms with van der Waals surface area (Å²) in [6.07, 6.45) is -0.223. The molecule has 1 aromatic rings. The number of carbonyl (C=O) groups is 1. The summed E-state index contributed by atoms with van der Waals surface area (Å²) in [6, 6.07) is 0. The molecular formula is C11H19N3O3. The summed E-state index contributed by atoms with van der Waals surface area (Å²) in [6.45, 7) is 6.36. The zero-order valence-electron chi connectivity index (χ0n) is 10.4. The first-order valence-corrected chi connectivity index (χ1v) is 5.77. The third-order valence-corrected chi connectivity index (χ3v) is 2.93. The highest BCUT2D eigenvalue weighted by molar-refractivity contribution is 5.71. The van der Waals surface area contributed by atoms with Crippen molar-refractivity contribution in [2.75, 3.05) is 0 Å². The maximum atomic E-state index is 10.5. The number of aliphatic carboxylic acids is 1. The highest BCUT2D eigenvalue weighted by Crippen LogP contribution is 2.17. The van der Waals surface area contributed by atoms with Crippen molar-refractivity contribution in [1.82, 2.24) is 14.8 Å². The molecule has 0 fully saturated rings. The minimum absolute atomic E-state index is 0.164. The Bertz CT molecular complexity index is 389. The molecule has 6 heteroatoms. The van der Waals surface area contributed by atoms with E-state index in [9.17, 15) is 9.90 Å². The zero-order valence-corrected chi connectivity index (χ0v) is 10.4. The molecule has 2 atom stereocenters. The molecule has 17 heavy (non-hydrogen) atoms. The first kappa shape index (κ1) is 13.6. The van der Waals surface area contributed by atoms with E-state index >= 15 is 0 Å². The monoisotopic (exact) mass is 241 g/mol. The Labute approximate surface area is 100 Å². The summed E-state index contributed by atoms with van der Waals surface area (Å²) in [4.78, 5) is 10.5. The van der Waals surface area contributed by atoms with Crippen molar-refractivity contribution >= 4 is 5.97 Å². The van der Waals surface area contributed by atoms with Gasteiger partial charge in [0.25, 0.3) is 0 Å². The molecule has 0 aliphatic heterocycles. The van der Waals surface area contributed by atoms with Crippen molar-refractivity contribution in [1.29, 1.82) is 0 Å². The minimum atomic E-state index is -1.33. The number of aliphatic hydroxyl groups excluding tert-OH is 1. The van der Waals surface area contributed by atoms with Gasteiger partial charge in [-0.1, -0.05) is 13.8 Å². The van der Waals surface area contributed by atoms with Crippen molar-refractivity contribution in [3.63, 3.8) is 0 Å². The van der Waals surface area contributed by atoms with Gasteiger partial charge >= 0.3 is 5.97 Å². The number of aliphatic hydroxyl groups is 1. The van der Waals surface area contributed by atoms with Gasteiger partial charge in [-0.3, -0.25) is 0 Å². The van der Waals surface area contributed by atoms with Crippen molar-refractivity contribution in [3.05, 3.63) is 11.6 Å². The smallest absolute Gasteiger partial charge is 0.332 e. The molecular weight excluding hydrogens is 222 g/mol. The van der Waals surface area contributed by atoms with E-state index in [0.29, 0.717) is 6.54 Å². The Morgan fingerprint density at radius 2 is 2.12 bits per heavy atom. The first-order chi connectivity index (χ1) is 7.97. The molecule has 0 radical (unpaired) electrons. The molecule has 96 valence electrons. The van der Waals surface area contributed by atoms with Crippen LogP contribution in [-0.2, 0) is 11.3 Å². The van der Waals surface area contributed by atoms with E-state index in [4.69, 9.17) is 5.11 Å². The number of aryl methyl sites for hydroxylation is 1. The molecule has 0 saturated carbocycles. The topological polar surface area (TPSA) is 88.2 Å². The summed E-state index contributed by atoms with van der Waals surface area (Å²) in [5.41, 5.74) is 0. The molecule has 2 N–H and O–H groups in total. The second-order valence-corrected chi connectivity index (χ2v) is 4.21. The van der Waals surface area contributed by atoms with Crippen LogP contribution in [0.25, 0.3) is 0 Å². The van der Waals surface area contributed by atoms with Crippen LogP contribution in [0.4, 0.5) is 0 Å². The molecule has 0 bridgehead atoms. The fourth-order valence-electron chi connectivity index (χ4n) is 1.60. The fourth-order valence-corrected chi connectivity index (χ4v) is 1.60. The number of rotatable bonds is 6. The second kappa shape index (κ2) is 5.77. The van der Waals surface area contributed by atoms with Gasteiger partial charge in [0.15, 0.2) is 6.10 Å². The molecule has 0 aliphatic rings. The third kappa shape index (κ3) is 3.26. The molecule has 0 aliphatic carbocycles. The van der Waals surface area contributed by atoms with Crippen LogP contribution in [-0.4, -0.2) is 37.1 Å². The lowest BCUT2D eigenvalue weighted by molar-refractivity contribution is -0.147. The van der Waals surface area contributed by atoms with E-state index in [2.05, 4.69) is 17.1 Å². The highest BCUT2D eigenvalue weighted by Gasteiger charge is 2.17. The van der Waals surface area contributed by atoms with E-state index < -0.39 is 12.1 Å². The largest absolute Gasteiger partial charge is 0.479 e. The summed E-state index contributed by atoms with van der Waals surface area (Å²) in [5, 5.41) is 25.9. The van der Waals surface area contributed by atoms with Gasteiger partial charge < -0.3 is 14.8 Å². The van der Waals surface area contributed by atoms with Crippen LogP contribution in [0, 0.1) is 6.92 Å². The quantitative estimate of drug-likeness (QED) is 0.773. The molecule has 0 saturated heterocycles. The predicted octanol–water partition coefficient (Wildman–Crippen LogP) is 0.936. The van der Waals surface area contributed by atoms with Crippen LogP contribution < -0.4 is 0 Å². The number of nitrogens with zero attached hydrogens (tertiary/aromatic N) is 3. The number of aromatic nitrogens is 3. The number of carboxylic acids is 1. The van der Waals surface area contributed by atoms with Gasteiger partial charge in [-0.2, -0.15) is 0 Å². The van der Waals surface area contributed by atoms with E-state index in [1.165, 1.54) is 0 Å². The highest BCUT2D eigenvalue weighted by atomic mass is 16.4. The molecule has 1 rings (SSSR count). The second-order valence-electron chi connectivity index (χ2n) is 4.21. The van der Waals surface area contributed by atoms with Crippen LogP contribution in [0.15, 0.2) is 0 Å². The summed E-state index contributed by atoms with van der Waals surface area (Å²) in [7, 11) is 0. The normalized spacial score (nSPS) is 14.6. The summed E-state index contributed by atoms with van der Waals surface area (Å²) < 4.78 is 1.88. The van der Waals surface area contributed by atoms with E-state index in [1.54, 1.807) is 0 Å². The molecule has 6 nitrogen and oxygen atoms in total. The van der Waals surface area contributed by atoms with Crippen LogP contribution in [0.5, 0.6) is 0 Å². The van der Waals surface area contributed by atoms with E-state index in [0.717, 1.165) is 18.1 Å². The van der Waals surface area contributed by atoms with Gasteiger partial charge in [0.2, 0.25) is 0 Å². The van der Waals surface area contributed by atoms with E-state index in [1.807, 2.05) is 18.4 Å². The molecule has 0 aromatic carbocycles. The molecule has 1 heterocycles. The van der Waals surface area contributed by atoms with Crippen LogP contribution in [0.2, 0.25) is 0 Å². The zero-order chi connectivity index (χ0) is 13.0. The van der Waals surface area contributed by atoms with Crippen LogP contribution in [0.1, 0.15) is 44.3 Å². The number of carboxylic acid groups (broad SMARTS) is 1. The standard InChI is InChI=1S/C11H19N3O3/c1-4-7(2)10-13-12-8(3)14(10)6-5-9(15)11(16)17/h7,9,15H,4-6H2,1-3H3,(H,16,17). The third-order valence-electron chi connectivity index (χ3n) is 2.93. The summed E-state index contributed by atoms with van der Waals surface area (Å²) >= 11 is 0. The van der Waals surface area contributed by atoms with Crippen molar-refractivity contribution in [2.24, 2.45) is 0 Å². The Morgan fingerprint density at radius 3 is 2.65 bits per heavy atom. The van der Waals surface area contributed by atoms with Gasteiger partial charge in [-0.15, -0.1) is 10.2 Å². The molecule has 0 spiro atoms. The van der Waals surface area contributed by atoms with Crippen LogP contribution in [0.3, 0.4) is 0 Å². The first-order valence-electron chi connectivity index (χ1n) is 5.77. The Kier molecular flexibility index (Phi) is 4.62. The number of hydrogen-bond acceptors (Lipinski definition) is 4. The maximum Gasteiger partial charge on any atom is 0.332 e. The van der Waals surface area contributed by atoms with Crippen molar-refractivity contribution in [3.8, 4) is 0 Å². The summed E-state index contributed by atoms with van der Waals surface area (Å²) in [5.74, 6) is 0.680. The SMILES string of the molecule is CCC(C)c1nnc(C)n1CCC(O)C(=O)O. The minimum Gasteiger partial charge on any atom is -0.479 e. The lowest BCUT2D eigenvalue weighted by Crippen LogP contribution is -2.22. The number of hydrogen-bond donors (Lipinski definition) is 2. The predicted molar refractivity (Wildman–Crippen MR) is 61.7 cm³/mol. The maximum absolute atomic E-state index is 10.5. The Balaban J connectivity index is 2.76. The lowest BCUT2D eigenvalue weighted by atomic mass is 10.1. The Morgan fingerprint density at radius 1 is 1.47 bits per heavy atom. The van der Waals surface area contributed by atoms with Gasteiger partial charge in [0.05, 0.1) is 0 Å². The average molecular weight is 241 g/mol. The van der Waals surface area contributed by atoms with Gasteiger partial charge in [-0.05, 0) is 13.3 Å². The van der Waals surface area contributed by atoms with Crippen molar-refractivity contribution in [2.45, 2.75) is 52.2 Å². The average Bonchev–Trinajstić information content (AvgIpc) is 2.66. The van der Waals surface area contributed by atoms with E-state index in [-0.39, 0.29) is 12.3 Å². The molecule has 2 unspecified atom stereocenters. The van der Waals surface area contributed by atoms with Gasteiger partial charge in [0.1, 0.15) is 11.6 Å². The molecule has 0 amide bonds. The molecule has 1 aromatic heterocycles. The lowest BCUT2D eigenvalue weighted by Gasteiger charge is -2.13. The Hall–Kier alpha value is -1.43. The fraction of sp³-hybridized carbons (Fsp3) is 0.727. The van der Waals surface area contributed by atoms with Crippen molar-refractivity contribution < 1.29 is 15.0 Å². The van der Waals surface area contributed by atoms with Crippen LogP contribution >= 0.6 is 0 Å². The van der Waals surface area contributed by atoms with Gasteiger partial charge in [-0.25, -0.2) is 4.79 Å².